The van der Waals surface area contributed by atoms with Crippen molar-refractivity contribution < 1.29 is 8.95 Å². The van der Waals surface area contributed by atoms with E-state index < -0.39 is 10.8 Å². The number of benzene rings is 1. The fraction of sp³-hybridized carbons (Fsp3) is 0.364. The molecule has 17 heavy (non-hydrogen) atoms. The molecule has 0 aliphatic rings. The molecule has 0 aliphatic heterocycles. The number of rotatable bonds is 4. The van der Waals surface area contributed by atoms with Crippen LogP contribution in [0, 0.1) is 4.77 Å². The third kappa shape index (κ3) is 2.58. The van der Waals surface area contributed by atoms with E-state index in [4.69, 9.17) is 17.0 Å². The molecule has 2 aromatic rings. The van der Waals surface area contributed by atoms with Crippen LogP contribution in [0.2, 0.25) is 0 Å². The van der Waals surface area contributed by atoms with Gasteiger partial charge >= 0.3 is 0 Å². The van der Waals surface area contributed by atoms with Gasteiger partial charge in [0.25, 0.3) is 0 Å². The topological polar surface area (TPSA) is 47.0 Å². The quantitative estimate of drug-likeness (QED) is 0.865. The van der Waals surface area contributed by atoms with Crippen LogP contribution in [0.15, 0.2) is 18.2 Å². The molecule has 6 heteroatoms. The summed E-state index contributed by atoms with van der Waals surface area (Å²) in [6, 6.07) is 5.75. The molecule has 0 spiro atoms. The SMILES string of the molecule is COc1ccc2[nH]c(=S)n(CCS(C)=O)c2c1. The summed E-state index contributed by atoms with van der Waals surface area (Å²) >= 11 is 5.25. The number of aromatic amines is 1. The first kappa shape index (κ1) is 12.3. The number of nitrogens with one attached hydrogen (secondary N) is 1. The zero-order valence-electron chi connectivity index (χ0n) is 9.73. The molecule has 1 N–H and O–H groups in total. The summed E-state index contributed by atoms with van der Waals surface area (Å²) in [5, 5.41) is 0. The molecule has 2 rings (SSSR count). The summed E-state index contributed by atoms with van der Waals surface area (Å²) in [5.74, 6) is 1.39. The molecule has 0 aliphatic carbocycles. The Hall–Kier alpha value is -1.14. The minimum Gasteiger partial charge on any atom is -0.497 e. The molecule has 92 valence electrons. The van der Waals surface area contributed by atoms with Crippen LogP contribution >= 0.6 is 12.2 Å². The van der Waals surface area contributed by atoms with Crippen molar-refractivity contribution in [2.75, 3.05) is 19.1 Å². The number of imidazole rings is 1. The lowest BCUT2D eigenvalue weighted by atomic mass is 10.3. The summed E-state index contributed by atoms with van der Waals surface area (Å²) < 4.78 is 18.9. The van der Waals surface area contributed by atoms with E-state index in [1.54, 1.807) is 13.4 Å². The van der Waals surface area contributed by atoms with Gasteiger partial charge in [-0.25, -0.2) is 0 Å². The molecule has 0 fully saturated rings. The van der Waals surface area contributed by atoms with Crippen LogP contribution in [0.3, 0.4) is 0 Å². The predicted octanol–water partition coefficient (Wildman–Crippen LogP) is 2.09. The summed E-state index contributed by atoms with van der Waals surface area (Å²) in [7, 11) is 0.812. The molecule has 0 saturated heterocycles. The standard InChI is InChI=1S/C11H14N2O2S2/c1-15-8-3-4-9-10(7-8)13(11(16)12-9)5-6-17(2)14/h3-4,7H,5-6H2,1-2H3,(H,12,16). The lowest BCUT2D eigenvalue weighted by Gasteiger charge is -2.04. The number of aryl methyl sites for hydroxylation is 1. The minimum absolute atomic E-state index is 0.596. The van der Waals surface area contributed by atoms with Gasteiger partial charge in [-0.05, 0) is 24.4 Å². The minimum atomic E-state index is -0.821. The van der Waals surface area contributed by atoms with Crippen molar-refractivity contribution in [2.45, 2.75) is 6.54 Å². The largest absolute Gasteiger partial charge is 0.497 e. The maximum absolute atomic E-state index is 11.1. The molecule has 0 radical (unpaired) electrons. The van der Waals surface area contributed by atoms with E-state index in [1.165, 1.54) is 0 Å². The second-order valence-corrected chi connectivity index (χ2v) is 5.68. The van der Waals surface area contributed by atoms with Crippen LogP contribution < -0.4 is 4.74 Å². The second kappa shape index (κ2) is 5.01. The maximum Gasteiger partial charge on any atom is 0.178 e. The van der Waals surface area contributed by atoms with Crippen LogP contribution in [0.4, 0.5) is 0 Å². The smallest absolute Gasteiger partial charge is 0.178 e. The van der Waals surface area contributed by atoms with Crippen LogP contribution in [0.25, 0.3) is 11.0 Å². The van der Waals surface area contributed by atoms with Crippen LogP contribution in [0.5, 0.6) is 5.75 Å². The van der Waals surface area contributed by atoms with Gasteiger partial charge in [-0.15, -0.1) is 0 Å². The highest BCUT2D eigenvalue weighted by molar-refractivity contribution is 7.84. The first-order valence-electron chi connectivity index (χ1n) is 5.18. The van der Waals surface area contributed by atoms with E-state index in [0.29, 0.717) is 17.1 Å². The molecule has 4 nitrogen and oxygen atoms in total. The molecular weight excluding hydrogens is 256 g/mol. The average molecular weight is 270 g/mol. The molecule has 1 unspecified atom stereocenters. The van der Waals surface area contributed by atoms with Gasteiger partial charge < -0.3 is 14.3 Å². The third-order valence-electron chi connectivity index (χ3n) is 2.58. The summed E-state index contributed by atoms with van der Waals surface area (Å²) in [6.07, 6.45) is 1.69. The van der Waals surface area contributed by atoms with Crippen LogP contribution in [-0.4, -0.2) is 32.9 Å². The Kier molecular flexibility index (Phi) is 3.63. The second-order valence-electron chi connectivity index (χ2n) is 3.74. The number of aromatic nitrogens is 2. The van der Waals surface area contributed by atoms with E-state index in [1.807, 2.05) is 22.8 Å². The zero-order valence-corrected chi connectivity index (χ0v) is 11.4. The fourth-order valence-electron chi connectivity index (χ4n) is 1.70. The van der Waals surface area contributed by atoms with Crippen LogP contribution in [-0.2, 0) is 17.3 Å². The van der Waals surface area contributed by atoms with Crippen molar-refractivity contribution >= 4 is 34.1 Å². The molecule has 0 bridgehead atoms. The van der Waals surface area contributed by atoms with Crippen molar-refractivity contribution in [3.8, 4) is 5.75 Å². The lowest BCUT2D eigenvalue weighted by Crippen LogP contribution is -2.06. The average Bonchev–Trinajstić information content (AvgIpc) is 2.61. The van der Waals surface area contributed by atoms with Crippen LogP contribution in [0.1, 0.15) is 0 Å². The number of hydrogen-bond acceptors (Lipinski definition) is 3. The summed E-state index contributed by atoms with van der Waals surface area (Å²) in [4.78, 5) is 3.13. The van der Waals surface area contributed by atoms with E-state index in [9.17, 15) is 4.21 Å². The normalized spacial score (nSPS) is 12.8. The van der Waals surface area contributed by atoms with Gasteiger partial charge in [-0.1, -0.05) is 0 Å². The van der Waals surface area contributed by atoms with Crippen molar-refractivity contribution in [3.63, 3.8) is 0 Å². The molecule has 1 atom stereocenters. The molecule has 1 aromatic heterocycles. The lowest BCUT2D eigenvalue weighted by molar-refractivity contribution is 0.415. The van der Waals surface area contributed by atoms with Gasteiger partial charge in [0.05, 0.1) is 18.1 Å². The zero-order chi connectivity index (χ0) is 12.4. The highest BCUT2D eigenvalue weighted by Crippen LogP contribution is 2.20. The first-order chi connectivity index (χ1) is 8.11. The van der Waals surface area contributed by atoms with Gasteiger partial charge in [0.15, 0.2) is 4.77 Å². The number of nitrogens with zero attached hydrogens (tertiary/aromatic N) is 1. The summed E-state index contributed by atoms with van der Waals surface area (Å²) in [6.45, 7) is 0.648. The Labute approximate surface area is 107 Å². The van der Waals surface area contributed by atoms with E-state index in [-0.39, 0.29) is 0 Å². The van der Waals surface area contributed by atoms with Gasteiger partial charge in [-0.2, -0.15) is 0 Å². The molecule has 0 saturated carbocycles. The number of fused-ring (bicyclic) bond motifs is 1. The first-order valence-corrected chi connectivity index (χ1v) is 7.32. The molecule has 1 heterocycles. The molecule has 1 aromatic carbocycles. The van der Waals surface area contributed by atoms with Gasteiger partial charge in [0, 0.05) is 35.4 Å². The predicted molar refractivity (Wildman–Crippen MR) is 72.6 cm³/mol. The number of ether oxygens (including phenoxy) is 1. The van der Waals surface area contributed by atoms with Crippen molar-refractivity contribution in [2.24, 2.45) is 0 Å². The maximum atomic E-state index is 11.1. The molecule has 0 amide bonds. The Morgan fingerprint density at radius 3 is 2.94 bits per heavy atom. The Morgan fingerprint density at radius 2 is 2.29 bits per heavy atom. The van der Waals surface area contributed by atoms with Gasteiger partial charge in [-0.3, -0.25) is 4.21 Å². The molecular formula is C11H14N2O2S2. The van der Waals surface area contributed by atoms with E-state index >= 15 is 0 Å². The van der Waals surface area contributed by atoms with Gasteiger partial charge in [0.1, 0.15) is 5.75 Å². The number of hydrogen-bond donors (Lipinski definition) is 1. The van der Waals surface area contributed by atoms with E-state index in [2.05, 4.69) is 4.98 Å². The van der Waals surface area contributed by atoms with E-state index in [0.717, 1.165) is 16.8 Å². The Balaban J connectivity index is 2.48. The third-order valence-corrected chi connectivity index (χ3v) is 3.66. The van der Waals surface area contributed by atoms with Crippen molar-refractivity contribution in [3.05, 3.63) is 23.0 Å². The van der Waals surface area contributed by atoms with Gasteiger partial charge in [0.2, 0.25) is 0 Å². The highest BCUT2D eigenvalue weighted by Gasteiger charge is 2.06. The Bertz CT molecular complexity index is 615. The van der Waals surface area contributed by atoms with Crippen molar-refractivity contribution in [1.82, 2.24) is 9.55 Å². The Morgan fingerprint density at radius 1 is 1.53 bits per heavy atom. The number of H-pyrrole nitrogens is 1. The monoisotopic (exact) mass is 270 g/mol. The summed E-state index contributed by atoms with van der Waals surface area (Å²) in [5.41, 5.74) is 1.96. The number of methoxy groups -OCH3 is 1. The highest BCUT2D eigenvalue weighted by atomic mass is 32.2. The fourth-order valence-corrected chi connectivity index (χ4v) is 2.44. The van der Waals surface area contributed by atoms with Crippen molar-refractivity contribution in [1.29, 1.82) is 0 Å².